The number of nitrogens with one attached hydrogen (secondary N) is 1. The molecule has 1 aromatic heterocycles. The van der Waals surface area contributed by atoms with Crippen molar-refractivity contribution in [2.45, 2.75) is 38.8 Å². The van der Waals surface area contributed by atoms with Gasteiger partial charge in [-0.25, -0.2) is 9.78 Å². The van der Waals surface area contributed by atoms with Crippen LogP contribution in [0.4, 0.5) is 5.69 Å². The standard InChI is InChI=1S/C24H26N2O4/c1-15-11-17-14-25-23(30-18-7-9-29-10-8-18)13-21(17)20(12-15)16(2)26-22-6-4-3-5-19(22)24(27)28/h3-6,11-14,16,18,26H,7-10H2,1-2H3,(H,27,28). The van der Waals surface area contributed by atoms with Crippen LogP contribution in [0.1, 0.15) is 47.3 Å². The topological polar surface area (TPSA) is 80.7 Å². The van der Waals surface area contributed by atoms with Crippen molar-refractivity contribution in [3.05, 3.63) is 65.4 Å². The number of carboxylic acid groups (broad SMARTS) is 1. The van der Waals surface area contributed by atoms with Crippen LogP contribution in [0.3, 0.4) is 0 Å². The van der Waals surface area contributed by atoms with Gasteiger partial charge in [-0.15, -0.1) is 0 Å². The number of benzene rings is 2. The average molecular weight is 406 g/mol. The summed E-state index contributed by atoms with van der Waals surface area (Å²) in [6.07, 6.45) is 3.70. The second-order valence-electron chi connectivity index (χ2n) is 7.74. The lowest BCUT2D eigenvalue weighted by atomic mass is 9.97. The number of pyridine rings is 1. The predicted molar refractivity (Wildman–Crippen MR) is 116 cm³/mol. The van der Waals surface area contributed by atoms with Crippen molar-refractivity contribution in [2.75, 3.05) is 18.5 Å². The largest absolute Gasteiger partial charge is 0.478 e. The smallest absolute Gasteiger partial charge is 0.337 e. The molecule has 0 spiro atoms. The lowest BCUT2D eigenvalue weighted by molar-refractivity contribution is 0.0238. The molecule has 2 heterocycles. The number of carboxylic acids is 1. The van der Waals surface area contributed by atoms with Gasteiger partial charge in [-0.2, -0.15) is 0 Å². The summed E-state index contributed by atoms with van der Waals surface area (Å²) in [6, 6.07) is 13.1. The Kier molecular flexibility index (Phi) is 5.86. The highest BCUT2D eigenvalue weighted by Gasteiger charge is 2.18. The van der Waals surface area contributed by atoms with E-state index in [0.29, 0.717) is 24.8 Å². The molecule has 0 aliphatic carbocycles. The van der Waals surface area contributed by atoms with E-state index in [4.69, 9.17) is 9.47 Å². The summed E-state index contributed by atoms with van der Waals surface area (Å²) < 4.78 is 11.5. The third-order valence-electron chi connectivity index (χ3n) is 5.44. The van der Waals surface area contributed by atoms with Gasteiger partial charge >= 0.3 is 5.97 Å². The number of aromatic nitrogens is 1. The zero-order valence-electron chi connectivity index (χ0n) is 17.2. The normalized spacial score (nSPS) is 15.7. The number of aromatic carboxylic acids is 1. The number of hydrogen-bond donors (Lipinski definition) is 2. The van der Waals surface area contributed by atoms with Crippen molar-refractivity contribution < 1.29 is 19.4 Å². The van der Waals surface area contributed by atoms with E-state index in [9.17, 15) is 9.90 Å². The fourth-order valence-electron chi connectivity index (χ4n) is 3.92. The lowest BCUT2D eigenvalue weighted by Crippen LogP contribution is -2.26. The van der Waals surface area contributed by atoms with Crippen molar-refractivity contribution in [1.82, 2.24) is 4.98 Å². The van der Waals surface area contributed by atoms with E-state index in [1.165, 1.54) is 0 Å². The summed E-state index contributed by atoms with van der Waals surface area (Å²) in [5, 5.41) is 14.9. The Morgan fingerprint density at radius 1 is 1.23 bits per heavy atom. The van der Waals surface area contributed by atoms with E-state index < -0.39 is 5.97 Å². The van der Waals surface area contributed by atoms with Crippen molar-refractivity contribution in [3.63, 3.8) is 0 Å². The third kappa shape index (κ3) is 4.39. The Balaban J connectivity index is 1.66. The summed E-state index contributed by atoms with van der Waals surface area (Å²) >= 11 is 0. The van der Waals surface area contributed by atoms with Gasteiger partial charge < -0.3 is 19.9 Å². The van der Waals surface area contributed by atoms with E-state index in [-0.39, 0.29) is 17.7 Å². The average Bonchev–Trinajstić information content (AvgIpc) is 2.74. The zero-order chi connectivity index (χ0) is 21.1. The first-order chi connectivity index (χ1) is 14.5. The molecule has 0 radical (unpaired) electrons. The van der Waals surface area contributed by atoms with Crippen LogP contribution < -0.4 is 10.1 Å². The first-order valence-corrected chi connectivity index (χ1v) is 10.2. The van der Waals surface area contributed by atoms with Crippen LogP contribution in [-0.4, -0.2) is 35.4 Å². The fraction of sp³-hybridized carbons (Fsp3) is 0.333. The first kappa shape index (κ1) is 20.2. The summed E-state index contributed by atoms with van der Waals surface area (Å²) in [5.74, 6) is -0.339. The third-order valence-corrected chi connectivity index (χ3v) is 5.44. The van der Waals surface area contributed by atoms with Gasteiger partial charge in [0.15, 0.2) is 0 Å². The Hall–Kier alpha value is -3.12. The summed E-state index contributed by atoms with van der Waals surface area (Å²) in [7, 11) is 0. The predicted octanol–water partition coefficient (Wildman–Crippen LogP) is 4.97. The minimum Gasteiger partial charge on any atom is -0.478 e. The van der Waals surface area contributed by atoms with Crippen molar-refractivity contribution >= 4 is 22.4 Å². The molecule has 1 atom stereocenters. The Morgan fingerprint density at radius 2 is 2.00 bits per heavy atom. The molecule has 30 heavy (non-hydrogen) atoms. The minimum absolute atomic E-state index is 0.105. The number of rotatable bonds is 6. The Morgan fingerprint density at radius 3 is 2.77 bits per heavy atom. The van der Waals surface area contributed by atoms with Gasteiger partial charge in [0.25, 0.3) is 0 Å². The molecular formula is C24H26N2O4. The van der Waals surface area contributed by atoms with Crippen LogP contribution in [0.15, 0.2) is 48.7 Å². The fourth-order valence-corrected chi connectivity index (χ4v) is 3.92. The van der Waals surface area contributed by atoms with Gasteiger partial charge in [0, 0.05) is 42.2 Å². The highest BCUT2D eigenvalue weighted by Crippen LogP contribution is 2.31. The van der Waals surface area contributed by atoms with Crippen molar-refractivity contribution in [2.24, 2.45) is 0 Å². The van der Waals surface area contributed by atoms with Gasteiger partial charge in [-0.3, -0.25) is 0 Å². The number of nitrogens with zero attached hydrogens (tertiary/aromatic N) is 1. The van der Waals surface area contributed by atoms with Crippen LogP contribution in [0.25, 0.3) is 10.8 Å². The lowest BCUT2D eigenvalue weighted by Gasteiger charge is -2.23. The maximum atomic E-state index is 11.6. The van der Waals surface area contributed by atoms with E-state index in [1.807, 2.05) is 32.2 Å². The molecule has 1 aliphatic heterocycles. The summed E-state index contributed by atoms with van der Waals surface area (Å²) in [6.45, 7) is 5.51. The van der Waals surface area contributed by atoms with Gasteiger partial charge in [0.2, 0.25) is 5.88 Å². The van der Waals surface area contributed by atoms with Gasteiger partial charge in [-0.1, -0.05) is 23.8 Å². The van der Waals surface area contributed by atoms with E-state index in [2.05, 4.69) is 22.4 Å². The molecule has 0 amide bonds. The van der Waals surface area contributed by atoms with Crippen LogP contribution in [0, 0.1) is 6.92 Å². The van der Waals surface area contributed by atoms with Crippen LogP contribution >= 0.6 is 0 Å². The number of fused-ring (bicyclic) bond motifs is 1. The van der Waals surface area contributed by atoms with Crippen LogP contribution in [-0.2, 0) is 4.74 Å². The van der Waals surface area contributed by atoms with Crippen molar-refractivity contribution in [3.8, 4) is 5.88 Å². The SMILES string of the molecule is Cc1cc(C(C)Nc2ccccc2C(=O)O)c2cc(OC3CCOCC3)ncc2c1. The molecule has 0 saturated carbocycles. The summed E-state index contributed by atoms with van der Waals surface area (Å²) in [5.41, 5.74) is 3.05. The second-order valence-corrected chi connectivity index (χ2v) is 7.74. The molecule has 0 bridgehead atoms. The highest BCUT2D eigenvalue weighted by molar-refractivity contribution is 5.94. The molecule has 2 aromatic carbocycles. The Labute approximate surface area is 175 Å². The first-order valence-electron chi connectivity index (χ1n) is 10.2. The summed E-state index contributed by atoms with van der Waals surface area (Å²) in [4.78, 5) is 16.1. The molecular weight excluding hydrogens is 380 g/mol. The second kappa shape index (κ2) is 8.71. The number of para-hydroxylation sites is 1. The van der Waals surface area contributed by atoms with E-state index in [1.54, 1.807) is 18.2 Å². The van der Waals surface area contributed by atoms with Crippen LogP contribution in [0.5, 0.6) is 5.88 Å². The quantitative estimate of drug-likeness (QED) is 0.601. The molecule has 6 heteroatoms. The molecule has 1 fully saturated rings. The minimum atomic E-state index is -0.948. The molecule has 3 aromatic rings. The van der Waals surface area contributed by atoms with Crippen LogP contribution in [0.2, 0.25) is 0 Å². The molecule has 156 valence electrons. The molecule has 4 rings (SSSR count). The van der Waals surface area contributed by atoms with Gasteiger partial charge in [0.1, 0.15) is 6.10 Å². The Bertz CT molecular complexity index is 1060. The number of anilines is 1. The maximum Gasteiger partial charge on any atom is 0.337 e. The molecule has 1 saturated heterocycles. The molecule has 1 aliphatic rings. The van der Waals surface area contributed by atoms with Crippen molar-refractivity contribution in [1.29, 1.82) is 0 Å². The van der Waals surface area contributed by atoms with Gasteiger partial charge in [-0.05, 0) is 43.0 Å². The number of carbonyl (C=O) groups is 1. The highest BCUT2D eigenvalue weighted by atomic mass is 16.5. The maximum absolute atomic E-state index is 11.6. The van der Waals surface area contributed by atoms with Gasteiger partial charge in [0.05, 0.1) is 18.8 Å². The number of ether oxygens (including phenoxy) is 2. The van der Waals surface area contributed by atoms with E-state index >= 15 is 0 Å². The number of aryl methyl sites for hydroxylation is 1. The molecule has 6 nitrogen and oxygen atoms in total. The molecule has 2 N–H and O–H groups in total. The molecule has 1 unspecified atom stereocenters. The zero-order valence-corrected chi connectivity index (χ0v) is 17.2. The number of hydrogen-bond acceptors (Lipinski definition) is 5. The van der Waals surface area contributed by atoms with E-state index in [0.717, 1.165) is 34.7 Å². The monoisotopic (exact) mass is 406 g/mol.